The Labute approximate surface area is 208 Å². The number of nitrogens with one attached hydrogen (secondary N) is 1. The molecule has 0 aliphatic heterocycles. The second kappa shape index (κ2) is 11.5. The zero-order valence-corrected chi connectivity index (χ0v) is 20.7. The largest absolute Gasteiger partial charge is 0.493 e. The van der Waals surface area contributed by atoms with Crippen molar-refractivity contribution in [1.29, 1.82) is 0 Å². The van der Waals surface area contributed by atoms with Crippen LogP contribution < -0.4 is 14.8 Å². The fourth-order valence-electron chi connectivity index (χ4n) is 3.61. The molecule has 0 atom stereocenters. The van der Waals surface area contributed by atoms with E-state index in [2.05, 4.69) is 26.6 Å². The number of hydrogen-bond donors (Lipinski definition) is 1. The summed E-state index contributed by atoms with van der Waals surface area (Å²) in [5.41, 5.74) is 4.02. The molecule has 0 saturated heterocycles. The summed E-state index contributed by atoms with van der Waals surface area (Å²) in [6.07, 6.45) is 4.13. The topological polar surface area (TPSA) is 91.2 Å². The molecule has 8 nitrogen and oxygen atoms in total. The summed E-state index contributed by atoms with van der Waals surface area (Å²) in [7, 11) is 3.21. The van der Waals surface area contributed by atoms with E-state index in [0.29, 0.717) is 35.4 Å². The van der Waals surface area contributed by atoms with Gasteiger partial charge in [0.1, 0.15) is 0 Å². The normalized spacial score (nSPS) is 10.7. The van der Waals surface area contributed by atoms with E-state index in [4.69, 9.17) is 9.47 Å². The minimum absolute atomic E-state index is 0.0697. The van der Waals surface area contributed by atoms with Crippen LogP contribution in [0, 0.1) is 6.92 Å². The monoisotopic (exact) mass is 489 g/mol. The molecule has 0 aliphatic rings. The molecule has 0 spiro atoms. The summed E-state index contributed by atoms with van der Waals surface area (Å²) in [4.78, 5) is 16.7. The number of hydrogen-bond acceptors (Lipinski definition) is 7. The van der Waals surface area contributed by atoms with E-state index in [-0.39, 0.29) is 11.7 Å². The lowest BCUT2D eigenvalue weighted by Gasteiger charge is -2.11. The van der Waals surface area contributed by atoms with Gasteiger partial charge in [-0.3, -0.25) is 14.3 Å². The van der Waals surface area contributed by atoms with Crippen molar-refractivity contribution >= 4 is 17.7 Å². The van der Waals surface area contributed by atoms with Crippen molar-refractivity contribution in [3.63, 3.8) is 0 Å². The Morgan fingerprint density at radius 2 is 1.80 bits per heavy atom. The Balaban J connectivity index is 1.42. The average molecular weight is 490 g/mol. The number of amides is 1. The van der Waals surface area contributed by atoms with Gasteiger partial charge in [-0.2, -0.15) is 0 Å². The number of rotatable bonds is 10. The molecule has 1 N–H and O–H groups in total. The van der Waals surface area contributed by atoms with E-state index >= 15 is 0 Å². The second-order valence-electron chi connectivity index (χ2n) is 7.79. The number of thioether (sulfide) groups is 1. The summed E-state index contributed by atoms with van der Waals surface area (Å²) in [6, 6.07) is 17.7. The highest BCUT2D eigenvalue weighted by Crippen LogP contribution is 2.29. The molecule has 0 fully saturated rings. The number of carbonyl (C=O) groups is 1. The molecular weight excluding hydrogens is 462 g/mol. The standard InChI is InChI=1S/C26H27N5O3S/c1-18-5-4-6-21(15-18)31-25(20-10-12-27-13-11-20)29-30-26(31)35-17-24(32)28-14-9-19-7-8-22(33-2)23(16-19)34-3/h4-8,10-13,15-16H,9,14,17H2,1-3H3,(H,28,32). The van der Waals surface area contributed by atoms with E-state index in [9.17, 15) is 4.79 Å². The molecule has 2 aromatic carbocycles. The van der Waals surface area contributed by atoms with Crippen LogP contribution in [0.4, 0.5) is 0 Å². The van der Waals surface area contributed by atoms with Crippen LogP contribution in [0.1, 0.15) is 11.1 Å². The first-order valence-corrected chi connectivity index (χ1v) is 12.1. The molecule has 0 aliphatic carbocycles. The maximum atomic E-state index is 12.6. The van der Waals surface area contributed by atoms with Crippen LogP contribution in [0.15, 0.2) is 72.1 Å². The van der Waals surface area contributed by atoms with Crippen LogP contribution in [0.3, 0.4) is 0 Å². The number of aryl methyl sites for hydroxylation is 1. The van der Waals surface area contributed by atoms with Crippen LogP contribution >= 0.6 is 11.8 Å². The molecule has 0 radical (unpaired) electrons. The maximum Gasteiger partial charge on any atom is 0.230 e. The molecule has 180 valence electrons. The Hall–Kier alpha value is -3.85. The first-order valence-electron chi connectivity index (χ1n) is 11.1. The number of aromatic nitrogens is 4. The predicted octanol–water partition coefficient (Wildman–Crippen LogP) is 4.11. The third-order valence-electron chi connectivity index (χ3n) is 5.35. The van der Waals surface area contributed by atoms with Gasteiger partial charge in [0.25, 0.3) is 0 Å². The van der Waals surface area contributed by atoms with Crippen LogP contribution in [0.2, 0.25) is 0 Å². The van der Waals surface area contributed by atoms with E-state index in [1.165, 1.54) is 11.8 Å². The Bertz CT molecular complexity index is 1290. The van der Waals surface area contributed by atoms with Gasteiger partial charge >= 0.3 is 0 Å². The van der Waals surface area contributed by atoms with Crippen molar-refractivity contribution in [2.45, 2.75) is 18.5 Å². The van der Waals surface area contributed by atoms with Crippen molar-refractivity contribution in [3.8, 4) is 28.6 Å². The minimum Gasteiger partial charge on any atom is -0.493 e. The van der Waals surface area contributed by atoms with Crippen LogP contribution in [0.25, 0.3) is 17.1 Å². The van der Waals surface area contributed by atoms with Gasteiger partial charge < -0.3 is 14.8 Å². The lowest BCUT2D eigenvalue weighted by Crippen LogP contribution is -2.27. The first-order chi connectivity index (χ1) is 17.1. The maximum absolute atomic E-state index is 12.6. The quantitative estimate of drug-likeness (QED) is 0.335. The number of pyridine rings is 1. The van der Waals surface area contributed by atoms with E-state index in [1.807, 2.05) is 60.0 Å². The fourth-order valence-corrected chi connectivity index (χ4v) is 4.40. The van der Waals surface area contributed by atoms with Gasteiger partial charge in [0.2, 0.25) is 5.91 Å². The summed E-state index contributed by atoms with van der Waals surface area (Å²) >= 11 is 1.35. The van der Waals surface area contributed by atoms with Crippen molar-refractivity contribution in [2.24, 2.45) is 0 Å². The number of benzene rings is 2. The van der Waals surface area contributed by atoms with Crippen molar-refractivity contribution < 1.29 is 14.3 Å². The smallest absolute Gasteiger partial charge is 0.230 e. The van der Waals surface area contributed by atoms with Crippen molar-refractivity contribution in [3.05, 3.63) is 78.1 Å². The Morgan fingerprint density at radius 1 is 1.00 bits per heavy atom. The predicted molar refractivity (Wildman–Crippen MR) is 136 cm³/mol. The van der Waals surface area contributed by atoms with Gasteiger partial charge in [-0.15, -0.1) is 10.2 Å². The lowest BCUT2D eigenvalue weighted by atomic mass is 10.1. The third kappa shape index (κ3) is 5.99. The Kier molecular flexibility index (Phi) is 7.99. The number of ether oxygens (including phenoxy) is 2. The lowest BCUT2D eigenvalue weighted by molar-refractivity contribution is -0.118. The summed E-state index contributed by atoms with van der Waals surface area (Å²) in [5.74, 6) is 2.22. The van der Waals surface area contributed by atoms with Gasteiger partial charge in [-0.1, -0.05) is 30.0 Å². The van der Waals surface area contributed by atoms with Crippen LogP contribution in [0.5, 0.6) is 11.5 Å². The first kappa shape index (κ1) is 24.3. The zero-order chi connectivity index (χ0) is 24.6. The number of carbonyl (C=O) groups excluding carboxylic acids is 1. The van der Waals surface area contributed by atoms with Gasteiger partial charge in [-0.25, -0.2) is 0 Å². The highest BCUT2D eigenvalue weighted by Gasteiger charge is 2.17. The molecule has 0 unspecified atom stereocenters. The molecule has 9 heteroatoms. The van der Waals surface area contributed by atoms with Crippen LogP contribution in [-0.4, -0.2) is 52.2 Å². The number of methoxy groups -OCH3 is 2. The zero-order valence-electron chi connectivity index (χ0n) is 19.9. The second-order valence-corrected chi connectivity index (χ2v) is 8.74. The molecule has 1 amide bonds. The SMILES string of the molecule is COc1ccc(CCNC(=O)CSc2nnc(-c3ccncc3)n2-c2cccc(C)c2)cc1OC. The molecule has 35 heavy (non-hydrogen) atoms. The van der Waals surface area contributed by atoms with Crippen molar-refractivity contribution in [1.82, 2.24) is 25.1 Å². The third-order valence-corrected chi connectivity index (χ3v) is 6.28. The highest BCUT2D eigenvalue weighted by atomic mass is 32.2. The molecular formula is C26H27N5O3S. The summed E-state index contributed by atoms with van der Waals surface area (Å²) in [6.45, 7) is 2.56. The average Bonchev–Trinajstić information content (AvgIpc) is 3.32. The van der Waals surface area contributed by atoms with E-state index in [1.54, 1.807) is 26.6 Å². The molecule has 2 aromatic heterocycles. The Morgan fingerprint density at radius 3 is 2.54 bits per heavy atom. The van der Waals surface area contributed by atoms with Gasteiger partial charge in [0, 0.05) is 30.2 Å². The van der Waals surface area contributed by atoms with E-state index < -0.39 is 0 Å². The molecule has 0 bridgehead atoms. The van der Waals surface area contributed by atoms with Crippen molar-refractivity contribution in [2.75, 3.05) is 26.5 Å². The van der Waals surface area contributed by atoms with Crippen LogP contribution in [-0.2, 0) is 11.2 Å². The highest BCUT2D eigenvalue weighted by molar-refractivity contribution is 7.99. The fraction of sp³-hybridized carbons (Fsp3) is 0.231. The molecule has 4 aromatic rings. The summed E-state index contributed by atoms with van der Waals surface area (Å²) in [5, 5.41) is 12.4. The minimum atomic E-state index is -0.0697. The molecule has 4 rings (SSSR count). The van der Waals surface area contributed by atoms with Gasteiger partial charge in [-0.05, 0) is 60.9 Å². The molecule has 0 saturated carbocycles. The van der Waals surface area contributed by atoms with Gasteiger partial charge in [0.15, 0.2) is 22.5 Å². The van der Waals surface area contributed by atoms with Gasteiger partial charge in [0.05, 0.1) is 20.0 Å². The molecule has 2 heterocycles. The summed E-state index contributed by atoms with van der Waals surface area (Å²) < 4.78 is 12.6. The van der Waals surface area contributed by atoms with E-state index in [0.717, 1.165) is 22.4 Å². The number of nitrogens with zero attached hydrogens (tertiary/aromatic N) is 4.